The molecule has 5 heteroatoms. The number of halogens is 1. The predicted octanol–water partition coefficient (Wildman–Crippen LogP) is 3.90. The smallest absolute Gasteiger partial charge is 0.224 e. The van der Waals surface area contributed by atoms with Crippen molar-refractivity contribution in [2.24, 2.45) is 0 Å². The molecule has 2 rings (SSSR count). The summed E-state index contributed by atoms with van der Waals surface area (Å²) in [6, 6.07) is 15.2. The standard InChI is InChI=1S/C19H24N2O2.ClH/c1-3-17(16-7-5-6-8-18(16)23-4-2)21-19(22)13-14-9-11-15(20)12-10-14;/h5-12,17H,3-4,13,20H2,1-2H3,(H,21,22);1H. The molecule has 2 aromatic carbocycles. The summed E-state index contributed by atoms with van der Waals surface area (Å²) in [6.07, 6.45) is 1.14. The van der Waals surface area contributed by atoms with Gasteiger partial charge in [-0.1, -0.05) is 37.3 Å². The van der Waals surface area contributed by atoms with Crippen LogP contribution < -0.4 is 15.8 Å². The van der Waals surface area contributed by atoms with E-state index in [0.29, 0.717) is 18.7 Å². The average molecular weight is 349 g/mol. The largest absolute Gasteiger partial charge is 0.494 e. The fraction of sp³-hybridized carbons (Fsp3) is 0.316. The summed E-state index contributed by atoms with van der Waals surface area (Å²) >= 11 is 0. The Labute approximate surface area is 149 Å². The molecule has 1 atom stereocenters. The van der Waals surface area contributed by atoms with Crippen molar-refractivity contribution in [3.05, 3.63) is 59.7 Å². The minimum Gasteiger partial charge on any atom is -0.494 e. The molecule has 0 aliphatic rings. The van der Waals surface area contributed by atoms with Gasteiger partial charge in [0.05, 0.1) is 19.1 Å². The first-order valence-electron chi connectivity index (χ1n) is 7.99. The summed E-state index contributed by atoms with van der Waals surface area (Å²) < 4.78 is 5.67. The molecule has 0 saturated heterocycles. The summed E-state index contributed by atoms with van der Waals surface area (Å²) in [6.45, 7) is 4.61. The summed E-state index contributed by atoms with van der Waals surface area (Å²) in [5, 5.41) is 3.09. The van der Waals surface area contributed by atoms with Gasteiger partial charge in [0, 0.05) is 11.3 Å². The minimum absolute atomic E-state index is 0. The van der Waals surface area contributed by atoms with Gasteiger partial charge in [-0.3, -0.25) is 4.79 Å². The lowest BCUT2D eigenvalue weighted by Gasteiger charge is -2.20. The highest BCUT2D eigenvalue weighted by Gasteiger charge is 2.16. The van der Waals surface area contributed by atoms with Gasteiger partial charge in [-0.25, -0.2) is 0 Å². The van der Waals surface area contributed by atoms with Crippen LogP contribution in [0.2, 0.25) is 0 Å². The number of carbonyl (C=O) groups excluding carboxylic acids is 1. The monoisotopic (exact) mass is 348 g/mol. The van der Waals surface area contributed by atoms with Crippen molar-refractivity contribution < 1.29 is 9.53 Å². The van der Waals surface area contributed by atoms with Crippen molar-refractivity contribution in [1.29, 1.82) is 0 Å². The molecule has 4 nitrogen and oxygen atoms in total. The number of para-hydroxylation sites is 1. The summed E-state index contributed by atoms with van der Waals surface area (Å²) in [5.41, 5.74) is 8.33. The van der Waals surface area contributed by atoms with E-state index in [9.17, 15) is 4.79 Å². The molecule has 0 heterocycles. The molecular weight excluding hydrogens is 324 g/mol. The van der Waals surface area contributed by atoms with Crippen molar-refractivity contribution >= 4 is 24.0 Å². The van der Waals surface area contributed by atoms with Crippen LogP contribution in [0.1, 0.15) is 37.4 Å². The third-order valence-corrected chi connectivity index (χ3v) is 3.68. The number of nitrogens with one attached hydrogen (secondary N) is 1. The quantitative estimate of drug-likeness (QED) is 0.746. The summed E-state index contributed by atoms with van der Waals surface area (Å²) in [7, 11) is 0. The number of anilines is 1. The number of benzene rings is 2. The maximum absolute atomic E-state index is 12.3. The zero-order valence-electron chi connectivity index (χ0n) is 14.1. The Morgan fingerprint density at radius 3 is 2.42 bits per heavy atom. The van der Waals surface area contributed by atoms with Crippen LogP contribution in [0.4, 0.5) is 5.69 Å². The van der Waals surface area contributed by atoms with Gasteiger partial charge < -0.3 is 15.8 Å². The van der Waals surface area contributed by atoms with E-state index in [1.807, 2.05) is 55.5 Å². The van der Waals surface area contributed by atoms with E-state index in [1.54, 1.807) is 0 Å². The molecule has 0 aliphatic carbocycles. The van der Waals surface area contributed by atoms with Crippen LogP contribution in [-0.2, 0) is 11.2 Å². The van der Waals surface area contributed by atoms with Gasteiger partial charge >= 0.3 is 0 Å². The molecule has 0 spiro atoms. The highest BCUT2D eigenvalue weighted by Crippen LogP contribution is 2.27. The van der Waals surface area contributed by atoms with Crippen LogP contribution in [0, 0.1) is 0 Å². The van der Waals surface area contributed by atoms with E-state index in [4.69, 9.17) is 10.5 Å². The normalized spacial score (nSPS) is 11.2. The van der Waals surface area contributed by atoms with E-state index in [1.165, 1.54) is 0 Å². The molecule has 0 bridgehead atoms. The molecule has 0 aliphatic heterocycles. The van der Waals surface area contributed by atoms with Crippen molar-refractivity contribution in [2.45, 2.75) is 32.7 Å². The molecule has 0 radical (unpaired) electrons. The van der Waals surface area contributed by atoms with Crippen molar-refractivity contribution in [3.8, 4) is 5.75 Å². The van der Waals surface area contributed by atoms with Crippen molar-refractivity contribution in [3.63, 3.8) is 0 Å². The predicted molar refractivity (Wildman–Crippen MR) is 101 cm³/mol. The lowest BCUT2D eigenvalue weighted by atomic mass is 10.0. The Morgan fingerprint density at radius 2 is 1.79 bits per heavy atom. The second kappa shape index (κ2) is 9.83. The van der Waals surface area contributed by atoms with E-state index in [-0.39, 0.29) is 24.4 Å². The molecule has 0 aromatic heterocycles. The maximum Gasteiger partial charge on any atom is 0.224 e. The topological polar surface area (TPSA) is 64.3 Å². The van der Waals surface area contributed by atoms with Crippen molar-refractivity contribution in [1.82, 2.24) is 5.32 Å². The minimum atomic E-state index is -0.0565. The molecule has 0 fully saturated rings. The van der Waals surface area contributed by atoms with Gasteiger partial charge in [0.25, 0.3) is 0 Å². The number of hydrogen-bond acceptors (Lipinski definition) is 3. The number of nitrogen functional groups attached to an aromatic ring is 1. The highest BCUT2D eigenvalue weighted by molar-refractivity contribution is 5.85. The molecule has 0 saturated carbocycles. The van der Waals surface area contributed by atoms with Gasteiger partial charge in [0.1, 0.15) is 5.75 Å². The number of nitrogens with two attached hydrogens (primary N) is 1. The van der Waals surface area contributed by atoms with Crippen LogP contribution in [0.5, 0.6) is 5.75 Å². The van der Waals surface area contributed by atoms with E-state index < -0.39 is 0 Å². The molecule has 1 unspecified atom stereocenters. The summed E-state index contributed by atoms with van der Waals surface area (Å²) in [5.74, 6) is 0.822. The van der Waals surface area contributed by atoms with Crippen LogP contribution in [-0.4, -0.2) is 12.5 Å². The Bertz CT molecular complexity index is 644. The SMILES string of the molecule is CCOc1ccccc1C(CC)NC(=O)Cc1ccc(N)cc1.Cl. The second-order valence-corrected chi connectivity index (χ2v) is 5.42. The fourth-order valence-electron chi connectivity index (χ4n) is 2.52. The Morgan fingerprint density at radius 1 is 1.12 bits per heavy atom. The number of ether oxygens (including phenoxy) is 1. The van der Waals surface area contributed by atoms with Gasteiger partial charge in [-0.15, -0.1) is 12.4 Å². The molecular formula is C19H25ClN2O2. The number of rotatable bonds is 7. The first kappa shape index (κ1) is 19.8. The third kappa shape index (κ3) is 5.46. The van der Waals surface area contributed by atoms with Gasteiger partial charge in [0.2, 0.25) is 5.91 Å². The number of amides is 1. The summed E-state index contributed by atoms with van der Waals surface area (Å²) in [4.78, 5) is 12.3. The molecule has 3 N–H and O–H groups in total. The molecule has 130 valence electrons. The zero-order chi connectivity index (χ0) is 16.7. The van der Waals surface area contributed by atoms with E-state index >= 15 is 0 Å². The van der Waals surface area contributed by atoms with Crippen LogP contribution in [0.3, 0.4) is 0 Å². The molecule has 2 aromatic rings. The number of carbonyl (C=O) groups is 1. The fourth-order valence-corrected chi connectivity index (χ4v) is 2.52. The Kier molecular flexibility index (Phi) is 8.13. The van der Waals surface area contributed by atoms with Gasteiger partial charge in [-0.2, -0.15) is 0 Å². The van der Waals surface area contributed by atoms with E-state index in [2.05, 4.69) is 12.2 Å². The van der Waals surface area contributed by atoms with Gasteiger partial charge in [0.15, 0.2) is 0 Å². The highest BCUT2D eigenvalue weighted by atomic mass is 35.5. The van der Waals surface area contributed by atoms with Crippen LogP contribution in [0.25, 0.3) is 0 Å². The third-order valence-electron chi connectivity index (χ3n) is 3.68. The van der Waals surface area contributed by atoms with Crippen LogP contribution in [0.15, 0.2) is 48.5 Å². The molecule has 1 amide bonds. The molecule has 24 heavy (non-hydrogen) atoms. The van der Waals surface area contributed by atoms with Crippen molar-refractivity contribution in [2.75, 3.05) is 12.3 Å². The second-order valence-electron chi connectivity index (χ2n) is 5.42. The number of hydrogen-bond donors (Lipinski definition) is 2. The van der Waals surface area contributed by atoms with E-state index in [0.717, 1.165) is 23.3 Å². The average Bonchev–Trinajstić information content (AvgIpc) is 2.56. The lowest BCUT2D eigenvalue weighted by molar-refractivity contribution is -0.121. The van der Waals surface area contributed by atoms with Gasteiger partial charge in [-0.05, 0) is 37.1 Å². The Hall–Kier alpha value is -2.20. The Balaban J connectivity index is 0.00000288. The first-order chi connectivity index (χ1) is 11.1. The lowest BCUT2D eigenvalue weighted by Crippen LogP contribution is -2.29. The van der Waals surface area contributed by atoms with Crippen LogP contribution >= 0.6 is 12.4 Å². The first-order valence-corrected chi connectivity index (χ1v) is 7.99. The maximum atomic E-state index is 12.3. The zero-order valence-corrected chi connectivity index (χ0v) is 14.9.